The van der Waals surface area contributed by atoms with Gasteiger partial charge in [-0.25, -0.2) is 4.79 Å². The summed E-state index contributed by atoms with van der Waals surface area (Å²) in [5, 5.41) is 13.1. The van der Waals surface area contributed by atoms with E-state index in [2.05, 4.69) is 5.32 Å². The molecule has 100 valence electrons. The molecular weight excluding hydrogens is 254 g/mol. The van der Waals surface area contributed by atoms with Crippen molar-refractivity contribution >= 4 is 17.7 Å². The molecule has 0 fully saturated rings. The van der Waals surface area contributed by atoms with Crippen molar-refractivity contribution in [1.29, 1.82) is 0 Å². The molecule has 1 rings (SSSR count). The van der Waals surface area contributed by atoms with Crippen molar-refractivity contribution in [3.63, 3.8) is 0 Å². The van der Waals surface area contributed by atoms with Crippen LogP contribution in [0.25, 0.3) is 0 Å². The molecule has 5 heteroatoms. The first-order chi connectivity index (χ1) is 8.62. The van der Waals surface area contributed by atoms with Crippen LogP contribution in [0.4, 0.5) is 4.79 Å². The van der Waals surface area contributed by atoms with E-state index in [9.17, 15) is 9.90 Å². The van der Waals surface area contributed by atoms with Crippen LogP contribution in [0.15, 0.2) is 30.3 Å². The van der Waals surface area contributed by atoms with Crippen LogP contribution in [0.1, 0.15) is 18.9 Å². The Labute approximate surface area is 112 Å². The van der Waals surface area contributed by atoms with Gasteiger partial charge in [0.2, 0.25) is 0 Å². The number of carbonyl (C=O) groups excluding carboxylic acids is 1. The van der Waals surface area contributed by atoms with Crippen LogP contribution in [0.3, 0.4) is 0 Å². The summed E-state index contributed by atoms with van der Waals surface area (Å²) in [4.78, 5) is 11.2. The highest BCUT2D eigenvalue weighted by molar-refractivity contribution is 6.17. The molecule has 0 aliphatic carbocycles. The molecule has 0 aliphatic heterocycles. The second-order valence-electron chi connectivity index (χ2n) is 3.91. The molecule has 1 aromatic rings. The maximum absolute atomic E-state index is 11.2. The molecule has 2 N–H and O–H groups in total. The molecule has 4 nitrogen and oxygen atoms in total. The Morgan fingerprint density at radius 2 is 2.11 bits per heavy atom. The smallest absolute Gasteiger partial charge is 0.407 e. The number of carbonyl (C=O) groups is 1. The molecule has 1 aromatic carbocycles. The molecule has 1 unspecified atom stereocenters. The van der Waals surface area contributed by atoms with E-state index in [1.165, 1.54) is 0 Å². The third-order valence-corrected chi connectivity index (χ3v) is 2.81. The van der Waals surface area contributed by atoms with Crippen LogP contribution < -0.4 is 5.32 Å². The molecule has 0 heterocycles. The van der Waals surface area contributed by atoms with Gasteiger partial charge in [0.25, 0.3) is 0 Å². The van der Waals surface area contributed by atoms with Crippen LogP contribution >= 0.6 is 11.6 Å². The van der Waals surface area contributed by atoms with Crippen LogP contribution in [-0.4, -0.2) is 30.2 Å². The van der Waals surface area contributed by atoms with Gasteiger partial charge in [0, 0.05) is 5.88 Å². The van der Waals surface area contributed by atoms with Gasteiger partial charge in [-0.05, 0) is 18.9 Å². The normalized spacial score (nSPS) is 13.7. The zero-order valence-corrected chi connectivity index (χ0v) is 11.1. The minimum Gasteiger partial charge on any atom is -0.450 e. The lowest BCUT2D eigenvalue weighted by Gasteiger charge is -2.28. The Morgan fingerprint density at radius 1 is 1.44 bits per heavy atom. The van der Waals surface area contributed by atoms with E-state index in [-0.39, 0.29) is 6.54 Å². The SMILES string of the molecule is CCOC(=O)NCC(O)(CCCl)c1ccccc1. The van der Waals surface area contributed by atoms with Crippen molar-refractivity contribution in [2.24, 2.45) is 0 Å². The Morgan fingerprint density at radius 3 is 2.67 bits per heavy atom. The summed E-state index contributed by atoms with van der Waals surface area (Å²) >= 11 is 5.71. The van der Waals surface area contributed by atoms with Crippen LogP contribution in [0.2, 0.25) is 0 Å². The highest BCUT2D eigenvalue weighted by Gasteiger charge is 2.29. The average Bonchev–Trinajstić information content (AvgIpc) is 2.38. The largest absolute Gasteiger partial charge is 0.450 e. The third-order valence-electron chi connectivity index (χ3n) is 2.62. The summed E-state index contributed by atoms with van der Waals surface area (Å²) in [5.74, 6) is 0.301. The van der Waals surface area contributed by atoms with Gasteiger partial charge in [0.15, 0.2) is 0 Å². The predicted octanol–water partition coefficient (Wildman–Crippen LogP) is 2.25. The summed E-state index contributed by atoms with van der Waals surface area (Å²) < 4.78 is 4.76. The molecule has 0 bridgehead atoms. The standard InChI is InChI=1S/C13H18ClNO3/c1-2-18-12(16)15-10-13(17,8-9-14)11-6-4-3-5-7-11/h3-7,17H,2,8-10H2,1H3,(H,15,16). The Bertz CT molecular complexity index is 372. The molecular formula is C13H18ClNO3. The fraction of sp³-hybridized carbons (Fsp3) is 0.462. The fourth-order valence-corrected chi connectivity index (χ4v) is 1.95. The number of alkyl halides is 1. The number of aliphatic hydroxyl groups is 1. The number of amides is 1. The zero-order valence-electron chi connectivity index (χ0n) is 10.4. The van der Waals surface area contributed by atoms with Crippen molar-refractivity contribution in [2.45, 2.75) is 18.9 Å². The van der Waals surface area contributed by atoms with Crippen LogP contribution in [0, 0.1) is 0 Å². The predicted molar refractivity (Wildman–Crippen MR) is 70.7 cm³/mol. The third kappa shape index (κ3) is 4.20. The van der Waals surface area contributed by atoms with Gasteiger partial charge in [-0.1, -0.05) is 30.3 Å². The first-order valence-electron chi connectivity index (χ1n) is 5.87. The summed E-state index contributed by atoms with van der Waals surface area (Å²) in [7, 11) is 0. The number of ether oxygens (including phenoxy) is 1. The summed E-state index contributed by atoms with van der Waals surface area (Å²) in [6.45, 7) is 2.09. The van der Waals surface area contributed by atoms with E-state index < -0.39 is 11.7 Å². The topological polar surface area (TPSA) is 58.6 Å². The van der Waals surface area contributed by atoms with E-state index in [4.69, 9.17) is 16.3 Å². The Hall–Kier alpha value is -1.26. The van der Waals surface area contributed by atoms with E-state index in [0.29, 0.717) is 18.9 Å². The summed E-state index contributed by atoms with van der Waals surface area (Å²) in [6.07, 6.45) is -0.188. The maximum Gasteiger partial charge on any atom is 0.407 e. The molecule has 0 spiro atoms. The number of nitrogens with one attached hydrogen (secondary N) is 1. The van der Waals surface area contributed by atoms with Gasteiger partial charge < -0.3 is 15.2 Å². The van der Waals surface area contributed by atoms with Crippen molar-refractivity contribution in [2.75, 3.05) is 19.0 Å². The number of hydrogen-bond acceptors (Lipinski definition) is 3. The lowest BCUT2D eigenvalue weighted by atomic mass is 9.91. The lowest BCUT2D eigenvalue weighted by molar-refractivity contribution is 0.0321. The number of benzene rings is 1. The van der Waals surface area contributed by atoms with Crippen molar-refractivity contribution in [3.05, 3.63) is 35.9 Å². The molecule has 0 aromatic heterocycles. The monoisotopic (exact) mass is 271 g/mol. The quantitative estimate of drug-likeness (QED) is 0.780. The van der Waals surface area contributed by atoms with Gasteiger partial charge in [-0.3, -0.25) is 0 Å². The van der Waals surface area contributed by atoms with Crippen LogP contribution in [0.5, 0.6) is 0 Å². The van der Waals surface area contributed by atoms with Gasteiger partial charge in [0.05, 0.1) is 13.2 Å². The van der Waals surface area contributed by atoms with Gasteiger partial charge in [-0.15, -0.1) is 11.6 Å². The van der Waals surface area contributed by atoms with Gasteiger partial charge in [0.1, 0.15) is 5.60 Å². The lowest BCUT2D eigenvalue weighted by Crippen LogP contribution is -2.41. The molecule has 0 saturated heterocycles. The van der Waals surface area contributed by atoms with Crippen molar-refractivity contribution in [3.8, 4) is 0 Å². The van der Waals surface area contributed by atoms with E-state index in [1.807, 2.05) is 18.2 Å². The Kier molecular flexibility index (Phi) is 5.95. The molecule has 1 amide bonds. The van der Waals surface area contributed by atoms with Crippen molar-refractivity contribution < 1.29 is 14.6 Å². The molecule has 0 saturated carbocycles. The van der Waals surface area contributed by atoms with Crippen LogP contribution in [-0.2, 0) is 10.3 Å². The molecule has 18 heavy (non-hydrogen) atoms. The number of halogens is 1. The summed E-state index contributed by atoms with van der Waals surface area (Å²) in [5.41, 5.74) is -0.446. The number of rotatable bonds is 6. The number of hydrogen-bond donors (Lipinski definition) is 2. The van der Waals surface area contributed by atoms with E-state index in [1.54, 1.807) is 19.1 Å². The maximum atomic E-state index is 11.2. The zero-order chi connectivity index (χ0) is 13.4. The first-order valence-corrected chi connectivity index (χ1v) is 6.40. The van der Waals surface area contributed by atoms with Crippen molar-refractivity contribution in [1.82, 2.24) is 5.32 Å². The Balaban J connectivity index is 2.72. The average molecular weight is 272 g/mol. The van der Waals surface area contributed by atoms with Gasteiger partial charge >= 0.3 is 6.09 Å². The molecule has 0 radical (unpaired) electrons. The second-order valence-corrected chi connectivity index (χ2v) is 4.29. The first kappa shape index (κ1) is 14.8. The van der Waals surface area contributed by atoms with E-state index in [0.717, 1.165) is 5.56 Å². The number of alkyl carbamates (subject to hydrolysis) is 1. The van der Waals surface area contributed by atoms with E-state index >= 15 is 0 Å². The fourth-order valence-electron chi connectivity index (χ4n) is 1.64. The highest BCUT2D eigenvalue weighted by atomic mass is 35.5. The molecule has 1 atom stereocenters. The minimum absolute atomic E-state index is 0.0720. The summed E-state index contributed by atoms with van der Waals surface area (Å²) in [6, 6.07) is 9.14. The second kappa shape index (κ2) is 7.24. The minimum atomic E-state index is -1.17. The van der Waals surface area contributed by atoms with Gasteiger partial charge in [-0.2, -0.15) is 0 Å². The highest BCUT2D eigenvalue weighted by Crippen LogP contribution is 2.24. The molecule has 0 aliphatic rings.